The van der Waals surface area contributed by atoms with Crippen molar-refractivity contribution in [3.05, 3.63) is 18.0 Å². The van der Waals surface area contributed by atoms with Gasteiger partial charge >= 0.3 is 0 Å². The highest BCUT2D eigenvalue weighted by Crippen LogP contribution is 2.23. The standard InChI is InChI=1S/C14H23N3O3/c1-14(2)10-17(6-5-7-20-14)13(18)12(19-4)11-8-15-16(3)9-11/h8-9,12H,5-7,10H2,1-4H3. The van der Waals surface area contributed by atoms with Gasteiger partial charge in [0, 0.05) is 45.6 Å². The molecular weight excluding hydrogens is 258 g/mol. The number of hydrogen-bond donors (Lipinski definition) is 0. The van der Waals surface area contributed by atoms with Crippen LogP contribution in [0.2, 0.25) is 0 Å². The largest absolute Gasteiger partial charge is 0.374 e. The van der Waals surface area contributed by atoms with Gasteiger partial charge in [-0.25, -0.2) is 0 Å². The summed E-state index contributed by atoms with van der Waals surface area (Å²) in [5.74, 6) is -0.0286. The highest BCUT2D eigenvalue weighted by atomic mass is 16.5. The molecule has 1 unspecified atom stereocenters. The van der Waals surface area contributed by atoms with E-state index in [9.17, 15) is 4.79 Å². The minimum absolute atomic E-state index is 0.0286. The van der Waals surface area contributed by atoms with Crippen LogP contribution in [0.15, 0.2) is 12.4 Å². The van der Waals surface area contributed by atoms with Crippen molar-refractivity contribution in [1.29, 1.82) is 0 Å². The van der Waals surface area contributed by atoms with Gasteiger partial charge in [-0.05, 0) is 20.3 Å². The lowest BCUT2D eigenvalue weighted by molar-refractivity contribution is -0.144. The average molecular weight is 281 g/mol. The Balaban J connectivity index is 2.15. The van der Waals surface area contributed by atoms with Crippen molar-refractivity contribution in [2.45, 2.75) is 32.0 Å². The molecule has 0 bridgehead atoms. The second-order valence-corrected chi connectivity index (χ2v) is 5.78. The summed E-state index contributed by atoms with van der Waals surface area (Å²) in [6.45, 7) is 5.96. The van der Waals surface area contributed by atoms with Crippen LogP contribution in [0.1, 0.15) is 31.9 Å². The minimum atomic E-state index is -0.599. The van der Waals surface area contributed by atoms with Crippen molar-refractivity contribution in [3.8, 4) is 0 Å². The fourth-order valence-corrected chi connectivity index (χ4v) is 2.50. The molecule has 1 aliphatic rings. The van der Waals surface area contributed by atoms with Crippen molar-refractivity contribution in [2.24, 2.45) is 7.05 Å². The van der Waals surface area contributed by atoms with Crippen LogP contribution in [0.4, 0.5) is 0 Å². The molecule has 1 amide bonds. The quantitative estimate of drug-likeness (QED) is 0.833. The first kappa shape index (κ1) is 15.0. The molecule has 1 aliphatic heterocycles. The van der Waals surface area contributed by atoms with Gasteiger partial charge in [-0.15, -0.1) is 0 Å². The second-order valence-electron chi connectivity index (χ2n) is 5.78. The van der Waals surface area contributed by atoms with Gasteiger partial charge in [-0.2, -0.15) is 5.10 Å². The van der Waals surface area contributed by atoms with Crippen molar-refractivity contribution in [3.63, 3.8) is 0 Å². The molecule has 2 heterocycles. The molecule has 1 atom stereocenters. The number of aryl methyl sites for hydroxylation is 1. The number of amides is 1. The Hall–Kier alpha value is -1.40. The molecule has 1 fully saturated rings. The Bertz CT molecular complexity index is 470. The van der Waals surface area contributed by atoms with E-state index in [4.69, 9.17) is 9.47 Å². The van der Waals surface area contributed by atoms with E-state index in [0.29, 0.717) is 19.7 Å². The third-order valence-electron chi connectivity index (χ3n) is 3.44. The first-order chi connectivity index (χ1) is 9.43. The van der Waals surface area contributed by atoms with Crippen LogP contribution in [-0.2, 0) is 21.3 Å². The van der Waals surface area contributed by atoms with Crippen molar-refractivity contribution in [2.75, 3.05) is 26.8 Å². The first-order valence-electron chi connectivity index (χ1n) is 6.87. The number of nitrogens with zero attached hydrogens (tertiary/aromatic N) is 3. The molecule has 0 N–H and O–H groups in total. The number of methoxy groups -OCH3 is 1. The summed E-state index contributed by atoms with van der Waals surface area (Å²) in [5, 5.41) is 4.10. The lowest BCUT2D eigenvalue weighted by Gasteiger charge is -2.31. The maximum atomic E-state index is 12.7. The molecule has 1 aromatic rings. The fraction of sp³-hybridized carbons (Fsp3) is 0.714. The van der Waals surface area contributed by atoms with Crippen LogP contribution in [0.5, 0.6) is 0 Å². The van der Waals surface area contributed by atoms with E-state index >= 15 is 0 Å². The first-order valence-corrected chi connectivity index (χ1v) is 6.87. The maximum Gasteiger partial charge on any atom is 0.256 e. The summed E-state index contributed by atoms with van der Waals surface area (Å²) in [7, 11) is 3.37. The van der Waals surface area contributed by atoms with Gasteiger partial charge in [-0.3, -0.25) is 9.48 Å². The Morgan fingerprint density at radius 2 is 2.30 bits per heavy atom. The molecule has 0 aromatic carbocycles. The van der Waals surface area contributed by atoms with Crippen LogP contribution >= 0.6 is 0 Å². The summed E-state index contributed by atoms with van der Waals surface area (Å²) >= 11 is 0. The lowest BCUT2D eigenvalue weighted by atomic mass is 10.1. The number of hydrogen-bond acceptors (Lipinski definition) is 4. The molecule has 20 heavy (non-hydrogen) atoms. The highest BCUT2D eigenvalue weighted by molar-refractivity contribution is 5.82. The number of ether oxygens (including phenoxy) is 2. The van der Waals surface area contributed by atoms with Gasteiger partial charge in [-0.1, -0.05) is 0 Å². The van der Waals surface area contributed by atoms with Crippen molar-refractivity contribution >= 4 is 5.91 Å². The Kier molecular flexibility index (Phi) is 4.45. The summed E-state index contributed by atoms with van der Waals surface area (Å²) in [6.07, 6.45) is 3.73. The maximum absolute atomic E-state index is 12.7. The Morgan fingerprint density at radius 1 is 1.55 bits per heavy atom. The van der Waals surface area contributed by atoms with Crippen LogP contribution in [-0.4, -0.2) is 53.0 Å². The number of rotatable bonds is 3. The number of aromatic nitrogens is 2. The third-order valence-corrected chi connectivity index (χ3v) is 3.44. The summed E-state index contributed by atoms with van der Waals surface area (Å²) in [4.78, 5) is 14.5. The number of carbonyl (C=O) groups excluding carboxylic acids is 1. The molecule has 0 radical (unpaired) electrons. The molecular formula is C14H23N3O3. The molecule has 1 aromatic heterocycles. The highest BCUT2D eigenvalue weighted by Gasteiger charge is 2.33. The molecule has 0 saturated carbocycles. The van der Waals surface area contributed by atoms with Gasteiger partial charge in [0.15, 0.2) is 6.10 Å². The van der Waals surface area contributed by atoms with E-state index in [1.165, 1.54) is 0 Å². The van der Waals surface area contributed by atoms with Gasteiger partial charge < -0.3 is 14.4 Å². The van der Waals surface area contributed by atoms with E-state index in [1.807, 2.05) is 32.0 Å². The van der Waals surface area contributed by atoms with Crippen LogP contribution in [0.25, 0.3) is 0 Å². The molecule has 1 saturated heterocycles. The zero-order valence-corrected chi connectivity index (χ0v) is 12.6. The van der Waals surface area contributed by atoms with Gasteiger partial charge in [0.2, 0.25) is 0 Å². The Morgan fingerprint density at radius 3 is 2.90 bits per heavy atom. The molecule has 6 heteroatoms. The topological polar surface area (TPSA) is 56.6 Å². The van der Waals surface area contributed by atoms with Crippen LogP contribution in [0, 0.1) is 0 Å². The fourth-order valence-electron chi connectivity index (χ4n) is 2.50. The predicted molar refractivity (Wildman–Crippen MR) is 74.2 cm³/mol. The minimum Gasteiger partial charge on any atom is -0.374 e. The van der Waals surface area contributed by atoms with Crippen LogP contribution in [0.3, 0.4) is 0 Å². The average Bonchev–Trinajstić information content (AvgIpc) is 2.71. The van der Waals surface area contributed by atoms with Crippen molar-refractivity contribution in [1.82, 2.24) is 14.7 Å². The predicted octanol–water partition coefficient (Wildman–Crippen LogP) is 1.14. The van der Waals surface area contributed by atoms with Crippen molar-refractivity contribution < 1.29 is 14.3 Å². The summed E-state index contributed by atoms with van der Waals surface area (Å²) in [5.41, 5.74) is 0.460. The van der Waals surface area contributed by atoms with Gasteiger partial charge in [0.25, 0.3) is 5.91 Å². The van der Waals surface area contributed by atoms with Crippen LogP contribution < -0.4 is 0 Å². The summed E-state index contributed by atoms with van der Waals surface area (Å²) in [6, 6.07) is 0. The van der Waals surface area contributed by atoms with E-state index < -0.39 is 6.10 Å². The zero-order valence-electron chi connectivity index (χ0n) is 12.6. The zero-order chi connectivity index (χ0) is 14.8. The smallest absolute Gasteiger partial charge is 0.256 e. The molecule has 6 nitrogen and oxygen atoms in total. The van der Waals surface area contributed by atoms with E-state index in [1.54, 1.807) is 18.0 Å². The number of carbonyl (C=O) groups is 1. The normalized spacial score (nSPS) is 20.5. The molecule has 0 aliphatic carbocycles. The Labute approximate surface area is 119 Å². The molecule has 0 spiro atoms. The lowest BCUT2D eigenvalue weighted by Crippen LogP contribution is -2.44. The second kappa shape index (κ2) is 5.93. The van der Waals surface area contributed by atoms with E-state index in [0.717, 1.165) is 12.0 Å². The van der Waals surface area contributed by atoms with E-state index in [2.05, 4.69) is 5.10 Å². The van der Waals surface area contributed by atoms with Gasteiger partial charge in [0.05, 0.1) is 11.8 Å². The van der Waals surface area contributed by atoms with Gasteiger partial charge in [0.1, 0.15) is 0 Å². The SMILES string of the molecule is COC(C(=O)N1CCCOC(C)(C)C1)c1cnn(C)c1. The van der Waals surface area contributed by atoms with E-state index in [-0.39, 0.29) is 11.5 Å². The monoisotopic (exact) mass is 281 g/mol. The molecule has 112 valence electrons. The molecule has 2 rings (SSSR count). The summed E-state index contributed by atoms with van der Waals surface area (Å²) < 4.78 is 12.8. The third kappa shape index (κ3) is 3.37.